The molecule has 0 radical (unpaired) electrons. The number of ether oxygens (including phenoxy) is 2. The van der Waals surface area contributed by atoms with E-state index >= 15 is 0 Å². The fourth-order valence-corrected chi connectivity index (χ4v) is 0.855. The van der Waals surface area contributed by atoms with Crippen LogP contribution in [0.1, 0.15) is 6.92 Å². The van der Waals surface area contributed by atoms with Crippen molar-refractivity contribution in [3.8, 4) is 0 Å². The molecule has 0 aromatic carbocycles. The minimum Gasteiger partial charge on any atom is -0.459 e. The molecule has 0 bridgehead atoms. The van der Waals surface area contributed by atoms with Gasteiger partial charge < -0.3 is 19.7 Å². The average molecular weight is 232 g/mol. The quantitative estimate of drug-likeness (QED) is 0.355. The van der Waals surface area contributed by atoms with Crippen LogP contribution in [-0.4, -0.2) is 63.8 Å². The summed E-state index contributed by atoms with van der Waals surface area (Å²) in [5.74, 6) is -1.58. The van der Waals surface area contributed by atoms with Crippen LogP contribution >= 0.6 is 0 Å². The molecule has 0 fully saturated rings. The summed E-state index contributed by atoms with van der Waals surface area (Å²) in [6, 6.07) is 0. The van der Waals surface area contributed by atoms with Crippen molar-refractivity contribution in [1.29, 1.82) is 0 Å². The lowest BCUT2D eigenvalue weighted by Crippen LogP contribution is -2.35. The van der Waals surface area contributed by atoms with E-state index in [0.717, 1.165) is 6.54 Å². The van der Waals surface area contributed by atoms with Crippen molar-refractivity contribution in [3.63, 3.8) is 0 Å². The summed E-state index contributed by atoms with van der Waals surface area (Å²) >= 11 is 0. The number of nitrogens with zero attached hydrogens (tertiary/aromatic N) is 1. The van der Waals surface area contributed by atoms with E-state index in [1.54, 1.807) is 6.92 Å². The molecule has 1 N–H and O–H groups in total. The van der Waals surface area contributed by atoms with E-state index in [-0.39, 0.29) is 6.61 Å². The van der Waals surface area contributed by atoms with Gasteiger partial charge in [0.2, 0.25) is 0 Å². The van der Waals surface area contributed by atoms with Crippen LogP contribution in [0.4, 0.5) is 0 Å². The first-order chi connectivity index (χ1) is 7.57. The number of amides is 1. The van der Waals surface area contributed by atoms with Crippen molar-refractivity contribution in [1.82, 2.24) is 10.2 Å². The highest BCUT2D eigenvalue weighted by Gasteiger charge is 2.12. The van der Waals surface area contributed by atoms with Gasteiger partial charge in [-0.3, -0.25) is 4.79 Å². The first kappa shape index (κ1) is 14.9. The fourth-order valence-electron chi connectivity index (χ4n) is 0.855. The Bertz CT molecular complexity index is 219. The number of nitrogens with one attached hydrogen (secondary N) is 1. The highest BCUT2D eigenvalue weighted by Crippen LogP contribution is 1.80. The van der Waals surface area contributed by atoms with Gasteiger partial charge in [0.05, 0.1) is 19.8 Å². The number of rotatable bonds is 7. The number of hydrogen-bond acceptors (Lipinski definition) is 5. The lowest BCUT2D eigenvalue weighted by molar-refractivity contribution is -0.154. The van der Waals surface area contributed by atoms with Crippen LogP contribution in [0.5, 0.6) is 0 Å². The van der Waals surface area contributed by atoms with Crippen molar-refractivity contribution >= 4 is 11.9 Å². The molecule has 6 heteroatoms. The van der Waals surface area contributed by atoms with E-state index in [4.69, 9.17) is 4.74 Å². The summed E-state index contributed by atoms with van der Waals surface area (Å²) < 4.78 is 9.74. The van der Waals surface area contributed by atoms with Crippen LogP contribution in [0.15, 0.2) is 0 Å². The number of esters is 1. The van der Waals surface area contributed by atoms with E-state index in [2.05, 4.69) is 10.1 Å². The highest BCUT2D eigenvalue weighted by atomic mass is 16.5. The maximum Gasteiger partial charge on any atom is 0.396 e. The number of carbonyl (C=O) groups is 2. The Labute approximate surface area is 95.9 Å². The van der Waals surface area contributed by atoms with Crippen LogP contribution in [0.2, 0.25) is 0 Å². The molecule has 0 atom stereocenters. The molecule has 6 nitrogen and oxygen atoms in total. The Morgan fingerprint density at radius 3 is 2.50 bits per heavy atom. The van der Waals surface area contributed by atoms with Crippen LogP contribution < -0.4 is 5.32 Å². The average Bonchev–Trinajstić information content (AvgIpc) is 2.22. The molecule has 1 amide bonds. The van der Waals surface area contributed by atoms with Gasteiger partial charge in [0.15, 0.2) is 0 Å². The molecule has 0 aromatic rings. The Kier molecular flexibility index (Phi) is 8.46. The summed E-state index contributed by atoms with van der Waals surface area (Å²) in [4.78, 5) is 23.9. The Balaban J connectivity index is 3.38. The molecular formula is C10H20N2O4. The molecule has 0 aromatic heterocycles. The third-order valence-electron chi connectivity index (χ3n) is 1.68. The first-order valence-corrected chi connectivity index (χ1v) is 5.25. The molecule has 0 aliphatic rings. The van der Waals surface area contributed by atoms with E-state index in [1.807, 2.05) is 19.0 Å². The molecule has 16 heavy (non-hydrogen) atoms. The fraction of sp³-hybridized carbons (Fsp3) is 0.800. The van der Waals surface area contributed by atoms with Gasteiger partial charge in [-0.05, 0) is 21.0 Å². The van der Waals surface area contributed by atoms with Crippen molar-refractivity contribution < 1.29 is 19.1 Å². The summed E-state index contributed by atoms with van der Waals surface area (Å²) in [5.41, 5.74) is 0. The van der Waals surface area contributed by atoms with Gasteiger partial charge in [-0.2, -0.15) is 0 Å². The topological polar surface area (TPSA) is 67.9 Å². The second-order valence-corrected chi connectivity index (χ2v) is 3.39. The predicted octanol–water partition coefficient (Wildman–Crippen LogP) is -0.756. The normalized spacial score (nSPS) is 10.2. The Morgan fingerprint density at radius 2 is 1.94 bits per heavy atom. The number of likely N-dealkylation sites (N-methyl/N-ethyl adjacent to an activating group) is 1. The van der Waals surface area contributed by atoms with E-state index < -0.39 is 11.9 Å². The lowest BCUT2D eigenvalue weighted by atomic mass is 10.5. The molecule has 0 aliphatic heterocycles. The van der Waals surface area contributed by atoms with Crippen molar-refractivity contribution in [2.24, 2.45) is 0 Å². The van der Waals surface area contributed by atoms with Gasteiger partial charge in [0.1, 0.15) is 0 Å². The van der Waals surface area contributed by atoms with Gasteiger partial charge >= 0.3 is 11.9 Å². The second kappa shape index (κ2) is 9.11. The van der Waals surface area contributed by atoms with Crippen LogP contribution in [-0.2, 0) is 19.1 Å². The zero-order chi connectivity index (χ0) is 12.4. The maximum absolute atomic E-state index is 11.0. The highest BCUT2D eigenvalue weighted by molar-refractivity contribution is 6.32. The van der Waals surface area contributed by atoms with Crippen molar-refractivity contribution in [2.45, 2.75) is 6.92 Å². The molecule has 0 spiro atoms. The zero-order valence-corrected chi connectivity index (χ0v) is 10.1. The summed E-state index contributed by atoms with van der Waals surface area (Å²) in [6.07, 6.45) is 0. The van der Waals surface area contributed by atoms with Crippen molar-refractivity contribution in [2.75, 3.05) is 47.0 Å². The standard InChI is InChI=1S/C10H20N2O4/c1-4-16-10(14)9(13)11-5-7-15-8-6-12(2)3/h4-8H2,1-3H3,(H,11,13). The molecule has 0 saturated carbocycles. The van der Waals surface area contributed by atoms with Gasteiger partial charge in [-0.15, -0.1) is 0 Å². The number of hydrogen-bond donors (Lipinski definition) is 1. The summed E-state index contributed by atoms with van der Waals surface area (Å²) in [5, 5.41) is 2.40. The first-order valence-electron chi connectivity index (χ1n) is 5.25. The van der Waals surface area contributed by atoms with Gasteiger partial charge in [0, 0.05) is 13.1 Å². The maximum atomic E-state index is 11.0. The van der Waals surface area contributed by atoms with Crippen LogP contribution in [0.25, 0.3) is 0 Å². The van der Waals surface area contributed by atoms with E-state index in [0.29, 0.717) is 19.8 Å². The second-order valence-electron chi connectivity index (χ2n) is 3.39. The molecule has 0 unspecified atom stereocenters. The monoisotopic (exact) mass is 232 g/mol. The Hall–Kier alpha value is -1.14. The third-order valence-corrected chi connectivity index (χ3v) is 1.68. The van der Waals surface area contributed by atoms with Gasteiger partial charge in [-0.1, -0.05) is 0 Å². The molecular weight excluding hydrogens is 212 g/mol. The van der Waals surface area contributed by atoms with Gasteiger partial charge in [-0.25, -0.2) is 4.79 Å². The minimum atomic E-state index is -0.851. The predicted molar refractivity (Wildman–Crippen MR) is 59.0 cm³/mol. The third kappa shape index (κ3) is 8.19. The van der Waals surface area contributed by atoms with E-state index in [1.165, 1.54) is 0 Å². The number of carbonyl (C=O) groups excluding carboxylic acids is 2. The zero-order valence-electron chi connectivity index (χ0n) is 10.1. The SMILES string of the molecule is CCOC(=O)C(=O)NCCOCCN(C)C. The van der Waals surface area contributed by atoms with Crippen molar-refractivity contribution in [3.05, 3.63) is 0 Å². The smallest absolute Gasteiger partial charge is 0.396 e. The molecule has 0 aliphatic carbocycles. The molecule has 0 saturated heterocycles. The summed E-state index contributed by atoms with van der Waals surface area (Å²) in [6.45, 7) is 3.97. The molecule has 0 heterocycles. The van der Waals surface area contributed by atoms with Crippen LogP contribution in [0.3, 0.4) is 0 Å². The Morgan fingerprint density at radius 1 is 1.25 bits per heavy atom. The van der Waals surface area contributed by atoms with E-state index in [9.17, 15) is 9.59 Å². The molecule has 94 valence electrons. The summed E-state index contributed by atoms with van der Waals surface area (Å²) in [7, 11) is 3.90. The largest absolute Gasteiger partial charge is 0.459 e. The van der Waals surface area contributed by atoms with Crippen LogP contribution in [0, 0.1) is 0 Å². The molecule has 0 rings (SSSR count). The lowest BCUT2D eigenvalue weighted by Gasteiger charge is -2.10. The minimum absolute atomic E-state index is 0.200. The van der Waals surface area contributed by atoms with Gasteiger partial charge in [0.25, 0.3) is 0 Å².